The Bertz CT molecular complexity index is 632. The summed E-state index contributed by atoms with van der Waals surface area (Å²) in [6, 6.07) is 9.55. The smallest absolute Gasteiger partial charge is 0.262 e. The number of nitrogens with two attached hydrogens (primary N) is 1. The number of benzene rings is 2. The molecule has 1 amide bonds. The molecule has 0 aliphatic rings. The number of nitrogens with one attached hydrogen (secondary N) is 1. The lowest BCUT2D eigenvalue weighted by Gasteiger charge is -2.08. The molecule has 0 radical (unpaired) electrons. The quantitative estimate of drug-likeness (QED) is 0.845. The maximum Gasteiger partial charge on any atom is 0.262 e. The van der Waals surface area contributed by atoms with Gasteiger partial charge in [-0.15, -0.1) is 0 Å². The van der Waals surface area contributed by atoms with Crippen LogP contribution in [0.1, 0.15) is 0 Å². The topological polar surface area (TPSA) is 64.3 Å². The molecule has 20 heavy (non-hydrogen) atoms. The Morgan fingerprint density at radius 3 is 2.60 bits per heavy atom. The van der Waals surface area contributed by atoms with Crippen molar-refractivity contribution in [3.63, 3.8) is 0 Å². The first kappa shape index (κ1) is 13.8. The highest BCUT2D eigenvalue weighted by Crippen LogP contribution is 2.17. The zero-order valence-electron chi connectivity index (χ0n) is 10.4. The number of hydrogen-bond donors (Lipinski definition) is 2. The predicted octanol–water partition coefficient (Wildman–Crippen LogP) is 2.56. The molecule has 104 valence electrons. The molecular formula is C14H12F2N2O2. The summed E-state index contributed by atoms with van der Waals surface area (Å²) >= 11 is 0. The Morgan fingerprint density at radius 2 is 1.90 bits per heavy atom. The molecule has 2 aromatic carbocycles. The molecule has 6 heteroatoms. The molecule has 0 aromatic heterocycles. The van der Waals surface area contributed by atoms with Gasteiger partial charge in [-0.25, -0.2) is 8.78 Å². The van der Waals surface area contributed by atoms with Gasteiger partial charge in [0, 0.05) is 5.69 Å². The minimum atomic E-state index is -0.564. The van der Waals surface area contributed by atoms with E-state index in [-0.39, 0.29) is 18.0 Å². The highest BCUT2D eigenvalue weighted by Gasteiger charge is 2.07. The van der Waals surface area contributed by atoms with Gasteiger partial charge in [0.1, 0.15) is 5.82 Å². The van der Waals surface area contributed by atoms with E-state index in [4.69, 9.17) is 10.5 Å². The summed E-state index contributed by atoms with van der Waals surface area (Å²) in [5.41, 5.74) is 5.64. The maximum atomic E-state index is 13.2. The van der Waals surface area contributed by atoms with E-state index in [1.165, 1.54) is 30.3 Å². The fourth-order valence-electron chi connectivity index (χ4n) is 1.52. The highest BCUT2D eigenvalue weighted by atomic mass is 19.1. The van der Waals surface area contributed by atoms with Crippen LogP contribution in [0.4, 0.5) is 20.2 Å². The third-order valence-corrected chi connectivity index (χ3v) is 2.48. The second-order valence-corrected chi connectivity index (χ2v) is 4.00. The highest BCUT2D eigenvalue weighted by molar-refractivity contribution is 5.92. The van der Waals surface area contributed by atoms with Crippen LogP contribution in [0.15, 0.2) is 42.5 Å². The molecule has 0 heterocycles. The van der Waals surface area contributed by atoms with E-state index in [2.05, 4.69) is 5.32 Å². The summed E-state index contributed by atoms with van der Waals surface area (Å²) in [5.74, 6) is -1.63. The summed E-state index contributed by atoms with van der Waals surface area (Å²) in [6.45, 7) is -0.363. The van der Waals surface area contributed by atoms with Crippen LogP contribution in [0, 0.1) is 11.6 Å². The number of nitrogen functional groups attached to an aromatic ring is 1. The lowest BCUT2D eigenvalue weighted by molar-refractivity contribution is -0.118. The average Bonchev–Trinajstić information content (AvgIpc) is 2.42. The van der Waals surface area contributed by atoms with Crippen molar-refractivity contribution in [1.82, 2.24) is 0 Å². The second-order valence-electron chi connectivity index (χ2n) is 4.00. The minimum Gasteiger partial charge on any atom is -0.481 e. The van der Waals surface area contributed by atoms with E-state index in [1.54, 1.807) is 6.07 Å². The first-order valence-corrected chi connectivity index (χ1v) is 5.78. The van der Waals surface area contributed by atoms with E-state index < -0.39 is 17.5 Å². The van der Waals surface area contributed by atoms with Crippen molar-refractivity contribution in [2.45, 2.75) is 0 Å². The first-order chi connectivity index (χ1) is 9.56. The van der Waals surface area contributed by atoms with Gasteiger partial charge in [0.15, 0.2) is 18.2 Å². The van der Waals surface area contributed by atoms with E-state index in [9.17, 15) is 13.6 Å². The Balaban J connectivity index is 1.93. The van der Waals surface area contributed by atoms with E-state index >= 15 is 0 Å². The monoisotopic (exact) mass is 278 g/mol. The molecular weight excluding hydrogens is 266 g/mol. The normalized spacial score (nSPS) is 10.1. The van der Waals surface area contributed by atoms with Gasteiger partial charge >= 0.3 is 0 Å². The fraction of sp³-hybridized carbons (Fsp3) is 0.0714. The van der Waals surface area contributed by atoms with Crippen LogP contribution >= 0.6 is 0 Å². The fourth-order valence-corrected chi connectivity index (χ4v) is 1.52. The molecule has 2 rings (SSSR count). The van der Waals surface area contributed by atoms with Gasteiger partial charge < -0.3 is 15.8 Å². The summed E-state index contributed by atoms with van der Waals surface area (Å²) in [6.07, 6.45) is 0. The summed E-state index contributed by atoms with van der Waals surface area (Å²) in [4.78, 5) is 11.6. The van der Waals surface area contributed by atoms with Crippen LogP contribution in [-0.2, 0) is 4.79 Å². The molecule has 2 aromatic rings. The number of halogens is 2. The van der Waals surface area contributed by atoms with Crippen molar-refractivity contribution in [3.05, 3.63) is 54.1 Å². The summed E-state index contributed by atoms with van der Waals surface area (Å²) < 4.78 is 31.2. The van der Waals surface area contributed by atoms with Crippen LogP contribution < -0.4 is 15.8 Å². The van der Waals surface area contributed by atoms with Crippen molar-refractivity contribution in [2.24, 2.45) is 0 Å². The molecule has 0 aliphatic carbocycles. The molecule has 0 unspecified atom stereocenters. The Morgan fingerprint density at radius 1 is 1.15 bits per heavy atom. The van der Waals surface area contributed by atoms with Crippen LogP contribution in [0.25, 0.3) is 0 Å². The van der Waals surface area contributed by atoms with Gasteiger partial charge in [-0.3, -0.25) is 4.79 Å². The average molecular weight is 278 g/mol. The molecule has 0 fully saturated rings. The molecule has 0 bridgehead atoms. The van der Waals surface area contributed by atoms with Gasteiger partial charge in [-0.05, 0) is 30.3 Å². The molecule has 0 saturated heterocycles. The number of carbonyl (C=O) groups is 1. The van der Waals surface area contributed by atoms with Crippen molar-refractivity contribution >= 4 is 17.3 Å². The number of hydrogen-bond acceptors (Lipinski definition) is 3. The third kappa shape index (κ3) is 3.44. The van der Waals surface area contributed by atoms with E-state index in [0.717, 1.165) is 6.07 Å². The van der Waals surface area contributed by atoms with Gasteiger partial charge in [-0.2, -0.15) is 0 Å². The third-order valence-electron chi connectivity index (χ3n) is 2.48. The van der Waals surface area contributed by atoms with Gasteiger partial charge in [0.25, 0.3) is 5.91 Å². The lowest BCUT2D eigenvalue weighted by Crippen LogP contribution is -2.20. The molecule has 0 aliphatic heterocycles. The predicted molar refractivity (Wildman–Crippen MR) is 71.3 cm³/mol. The van der Waals surface area contributed by atoms with E-state index in [1.807, 2.05) is 0 Å². The molecule has 0 atom stereocenters. The van der Waals surface area contributed by atoms with Crippen LogP contribution in [0.3, 0.4) is 0 Å². The molecule has 0 saturated carbocycles. The van der Waals surface area contributed by atoms with Gasteiger partial charge in [0.2, 0.25) is 0 Å². The number of carbonyl (C=O) groups excluding carboxylic acids is 1. The number of anilines is 2. The standard InChI is InChI=1S/C14H12F2N2O2/c15-10-6-5-9(7-12(10)17)18-14(19)8-20-13-4-2-1-3-11(13)16/h1-7H,8,17H2,(H,18,19). The number of para-hydroxylation sites is 1. The second kappa shape index (κ2) is 6.01. The largest absolute Gasteiger partial charge is 0.481 e. The molecule has 4 nitrogen and oxygen atoms in total. The first-order valence-electron chi connectivity index (χ1n) is 5.78. The molecule has 0 spiro atoms. The van der Waals surface area contributed by atoms with Crippen LogP contribution in [-0.4, -0.2) is 12.5 Å². The number of rotatable bonds is 4. The van der Waals surface area contributed by atoms with Crippen LogP contribution in [0.2, 0.25) is 0 Å². The SMILES string of the molecule is Nc1cc(NC(=O)COc2ccccc2F)ccc1F. The van der Waals surface area contributed by atoms with Crippen molar-refractivity contribution in [2.75, 3.05) is 17.7 Å². The van der Waals surface area contributed by atoms with Crippen molar-refractivity contribution in [1.29, 1.82) is 0 Å². The minimum absolute atomic E-state index is 0.0127. The zero-order valence-corrected chi connectivity index (χ0v) is 10.4. The summed E-state index contributed by atoms with van der Waals surface area (Å²) in [5, 5.41) is 2.47. The number of amides is 1. The Kier molecular flexibility index (Phi) is 4.14. The van der Waals surface area contributed by atoms with Gasteiger partial charge in [0.05, 0.1) is 5.69 Å². The lowest BCUT2D eigenvalue weighted by atomic mass is 10.2. The van der Waals surface area contributed by atoms with E-state index in [0.29, 0.717) is 5.69 Å². The van der Waals surface area contributed by atoms with Crippen molar-refractivity contribution < 1.29 is 18.3 Å². The Hall–Kier alpha value is -2.63. The maximum absolute atomic E-state index is 13.2. The van der Waals surface area contributed by atoms with Crippen LogP contribution in [0.5, 0.6) is 5.75 Å². The number of ether oxygens (including phenoxy) is 1. The van der Waals surface area contributed by atoms with Crippen molar-refractivity contribution in [3.8, 4) is 5.75 Å². The van der Waals surface area contributed by atoms with Gasteiger partial charge in [-0.1, -0.05) is 12.1 Å². The zero-order chi connectivity index (χ0) is 14.5. The Labute approximate surface area is 114 Å². The molecule has 3 N–H and O–H groups in total. The summed E-state index contributed by atoms with van der Waals surface area (Å²) in [7, 11) is 0.